The molecule has 0 heterocycles. The van der Waals surface area contributed by atoms with E-state index in [-0.39, 0.29) is 18.6 Å². The molecule has 1 amide bonds. The van der Waals surface area contributed by atoms with Crippen LogP contribution < -0.4 is 4.74 Å². The normalized spacial score (nSPS) is 17.4. The molecule has 2 rings (SSSR count). The number of hydrogen-bond donors (Lipinski definition) is 1. The maximum atomic E-state index is 12.4. The van der Waals surface area contributed by atoms with Crippen molar-refractivity contribution in [3.8, 4) is 5.75 Å². The molecule has 1 aliphatic carbocycles. The Balaban J connectivity index is 2.09. The average molecular weight is 316 g/mol. The highest BCUT2D eigenvalue weighted by molar-refractivity contribution is 5.82. The van der Waals surface area contributed by atoms with Gasteiger partial charge in [0.2, 0.25) is 5.91 Å². The molecule has 124 valence electrons. The summed E-state index contributed by atoms with van der Waals surface area (Å²) in [4.78, 5) is 12.4. The summed E-state index contributed by atoms with van der Waals surface area (Å²) < 4.78 is 5.13. The van der Waals surface area contributed by atoms with Crippen LogP contribution in [0.3, 0.4) is 0 Å². The molecule has 1 atom stereocenters. The number of carbonyl (C=O) groups excluding carboxylic acids is 1. The van der Waals surface area contributed by atoms with Gasteiger partial charge >= 0.3 is 0 Å². The van der Waals surface area contributed by atoms with E-state index in [0.29, 0.717) is 12.8 Å². The summed E-state index contributed by atoms with van der Waals surface area (Å²) in [6.45, 7) is 0.0202. The molecule has 0 bridgehead atoms. The first-order valence-corrected chi connectivity index (χ1v) is 8.00. The van der Waals surface area contributed by atoms with E-state index in [2.05, 4.69) is 17.3 Å². The Morgan fingerprint density at radius 2 is 2.17 bits per heavy atom. The van der Waals surface area contributed by atoms with Gasteiger partial charge in [0, 0.05) is 13.0 Å². The highest BCUT2D eigenvalue weighted by Gasteiger charge is 2.22. The second kappa shape index (κ2) is 9.10. The van der Waals surface area contributed by atoms with Crippen molar-refractivity contribution in [2.75, 3.05) is 13.7 Å². The number of ether oxygens (including phenoxy) is 1. The maximum Gasteiger partial charge on any atom is 0.243 e. The third kappa shape index (κ3) is 5.21. The molecular weight excluding hydrogens is 292 g/mol. The molecule has 5 nitrogen and oxygen atoms in total. The number of carbonyl (C=O) groups is 1. The van der Waals surface area contributed by atoms with Gasteiger partial charge in [-0.3, -0.25) is 4.79 Å². The third-order valence-electron chi connectivity index (χ3n) is 3.84. The SMILES string of the molecule is COc1ccc(C=NN(C(=O)CCCO)C2CC=CCC2)cc1. The first kappa shape index (κ1) is 17.2. The lowest BCUT2D eigenvalue weighted by atomic mass is 10.0. The number of hydrazone groups is 1. The van der Waals surface area contributed by atoms with E-state index in [0.717, 1.165) is 30.6 Å². The van der Waals surface area contributed by atoms with E-state index in [1.54, 1.807) is 18.3 Å². The fraction of sp³-hybridized carbons (Fsp3) is 0.444. The van der Waals surface area contributed by atoms with Crippen LogP contribution in [0.5, 0.6) is 5.75 Å². The molecule has 1 aliphatic rings. The molecule has 1 N–H and O–H groups in total. The number of hydrogen-bond acceptors (Lipinski definition) is 4. The van der Waals surface area contributed by atoms with Gasteiger partial charge in [0.25, 0.3) is 0 Å². The van der Waals surface area contributed by atoms with Crippen LogP contribution >= 0.6 is 0 Å². The Hall–Kier alpha value is -2.14. The fourth-order valence-electron chi connectivity index (χ4n) is 2.53. The average Bonchev–Trinajstić information content (AvgIpc) is 2.61. The molecule has 0 saturated carbocycles. The molecule has 5 heteroatoms. The van der Waals surface area contributed by atoms with Crippen molar-refractivity contribution in [2.45, 2.75) is 38.1 Å². The Bertz CT molecular complexity index is 552. The van der Waals surface area contributed by atoms with Gasteiger partial charge in [0.05, 0.1) is 19.4 Å². The maximum absolute atomic E-state index is 12.4. The lowest BCUT2D eigenvalue weighted by Crippen LogP contribution is -2.37. The zero-order valence-electron chi connectivity index (χ0n) is 13.5. The number of aliphatic hydroxyl groups is 1. The Kier molecular flexibility index (Phi) is 6.81. The summed E-state index contributed by atoms with van der Waals surface area (Å²) in [5, 5.41) is 14.9. The highest BCUT2D eigenvalue weighted by Crippen LogP contribution is 2.19. The van der Waals surface area contributed by atoms with Gasteiger partial charge in [0.15, 0.2) is 0 Å². The van der Waals surface area contributed by atoms with E-state index in [9.17, 15) is 4.79 Å². The fourth-order valence-corrected chi connectivity index (χ4v) is 2.53. The minimum absolute atomic E-state index is 0.0202. The summed E-state index contributed by atoms with van der Waals surface area (Å²) >= 11 is 0. The number of methoxy groups -OCH3 is 1. The number of rotatable bonds is 7. The Morgan fingerprint density at radius 3 is 2.78 bits per heavy atom. The number of aliphatic hydroxyl groups excluding tert-OH is 1. The second-order valence-electron chi connectivity index (χ2n) is 5.52. The molecule has 1 aromatic carbocycles. The number of nitrogens with zero attached hydrogens (tertiary/aromatic N) is 2. The van der Waals surface area contributed by atoms with E-state index in [1.165, 1.54) is 0 Å². The summed E-state index contributed by atoms with van der Waals surface area (Å²) in [6.07, 6.45) is 9.43. The van der Waals surface area contributed by atoms with Crippen molar-refractivity contribution in [1.29, 1.82) is 0 Å². The van der Waals surface area contributed by atoms with Crippen molar-refractivity contribution >= 4 is 12.1 Å². The van der Waals surface area contributed by atoms with Crippen LogP contribution in [0.2, 0.25) is 0 Å². The molecule has 1 unspecified atom stereocenters. The largest absolute Gasteiger partial charge is 0.497 e. The smallest absolute Gasteiger partial charge is 0.243 e. The predicted molar refractivity (Wildman–Crippen MR) is 90.5 cm³/mol. The van der Waals surface area contributed by atoms with Crippen LogP contribution in [0, 0.1) is 0 Å². The molecular formula is C18H24N2O3. The quantitative estimate of drug-likeness (QED) is 0.478. The molecule has 0 aromatic heterocycles. The van der Waals surface area contributed by atoms with Gasteiger partial charge in [-0.2, -0.15) is 5.10 Å². The Morgan fingerprint density at radius 1 is 1.39 bits per heavy atom. The lowest BCUT2D eigenvalue weighted by molar-refractivity contribution is -0.134. The van der Waals surface area contributed by atoms with Crippen molar-refractivity contribution < 1.29 is 14.6 Å². The van der Waals surface area contributed by atoms with Gasteiger partial charge in [-0.05, 0) is 55.5 Å². The lowest BCUT2D eigenvalue weighted by Gasteiger charge is -2.28. The Labute approximate surface area is 137 Å². The molecule has 0 saturated heterocycles. The zero-order valence-corrected chi connectivity index (χ0v) is 13.5. The molecule has 0 fully saturated rings. The highest BCUT2D eigenvalue weighted by atomic mass is 16.5. The van der Waals surface area contributed by atoms with Crippen LogP contribution in [0.1, 0.15) is 37.7 Å². The van der Waals surface area contributed by atoms with Crippen LogP contribution in [0.15, 0.2) is 41.5 Å². The predicted octanol–water partition coefficient (Wildman–Crippen LogP) is 2.74. The first-order valence-electron chi connectivity index (χ1n) is 8.00. The monoisotopic (exact) mass is 316 g/mol. The van der Waals surface area contributed by atoms with Crippen molar-refractivity contribution in [2.24, 2.45) is 5.10 Å². The summed E-state index contributed by atoms with van der Waals surface area (Å²) in [7, 11) is 1.63. The topological polar surface area (TPSA) is 62.1 Å². The van der Waals surface area contributed by atoms with Gasteiger partial charge in [-0.1, -0.05) is 12.2 Å². The molecule has 0 aliphatic heterocycles. The van der Waals surface area contributed by atoms with Crippen LogP contribution in [0.25, 0.3) is 0 Å². The number of allylic oxidation sites excluding steroid dienone is 1. The van der Waals surface area contributed by atoms with Crippen LogP contribution in [-0.2, 0) is 4.79 Å². The molecule has 0 radical (unpaired) electrons. The van der Waals surface area contributed by atoms with Gasteiger partial charge < -0.3 is 9.84 Å². The van der Waals surface area contributed by atoms with E-state index in [4.69, 9.17) is 9.84 Å². The van der Waals surface area contributed by atoms with Crippen LogP contribution in [-0.4, -0.2) is 42.0 Å². The second-order valence-corrected chi connectivity index (χ2v) is 5.52. The van der Waals surface area contributed by atoms with Gasteiger partial charge in [0.1, 0.15) is 5.75 Å². The first-order chi connectivity index (χ1) is 11.2. The molecule has 1 aromatic rings. The minimum atomic E-state index is -0.0379. The van der Waals surface area contributed by atoms with Crippen molar-refractivity contribution in [3.05, 3.63) is 42.0 Å². The van der Waals surface area contributed by atoms with E-state index in [1.807, 2.05) is 24.3 Å². The molecule has 0 spiro atoms. The van der Waals surface area contributed by atoms with E-state index >= 15 is 0 Å². The van der Waals surface area contributed by atoms with Crippen molar-refractivity contribution in [3.63, 3.8) is 0 Å². The number of benzene rings is 1. The number of amides is 1. The zero-order chi connectivity index (χ0) is 16.5. The van der Waals surface area contributed by atoms with Gasteiger partial charge in [-0.15, -0.1) is 0 Å². The minimum Gasteiger partial charge on any atom is -0.497 e. The summed E-state index contributed by atoms with van der Waals surface area (Å²) in [5.74, 6) is 0.750. The van der Waals surface area contributed by atoms with Gasteiger partial charge in [-0.25, -0.2) is 5.01 Å². The summed E-state index contributed by atoms with van der Waals surface area (Å²) in [5.41, 5.74) is 0.914. The van der Waals surface area contributed by atoms with Crippen molar-refractivity contribution in [1.82, 2.24) is 5.01 Å². The molecule has 23 heavy (non-hydrogen) atoms. The summed E-state index contributed by atoms with van der Waals surface area (Å²) in [6, 6.07) is 7.63. The third-order valence-corrected chi connectivity index (χ3v) is 3.84. The van der Waals surface area contributed by atoms with Crippen LogP contribution in [0.4, 0.5) is 0 Å². The van der Waals surface area contributed by atoms with E-state index < -0.39 is 0 Å². The standard InChI is InChI=1S/C18H24N2O3/c1-23-17-11-9-15(10-12-17)14-19-20(18(22)8-5-13-21)16-6-3-2-4-7-16/h2-3,9-12,14,16,21H,4-8,13H2,1H3.